The Hall–Kier alpha value is -1.31. The van der Waals surface area contributed by atoms with Crippen molar-refractivity contribution in [1.29, 1.82) is 0 Å². The highest BCUT2D eigenvalue weighted by molar-refractivity contribution is 7.85. The first-order chi connectivity index (χ1) is 41.4. The second kappa shape index (κ2) is 88.7. The molecule has 5 saturated carbocycles. The molecule has 6 N–H and O–H groups in total. The van der Waals surface area contributed by atoms with Crippen LogP contribution in [0.2, 0.25) is 19.5 Å². The van der Waals surface area contributed by atoms with Crippen LogP contribution in [0.1, 0.15) is 323 Å². The van der Waals surface area contributed by atoms with Crippen molar-refractivity contribution in [2.45, 2.75) is 343 Å². The normalized spacial score (nSPS) is 13.9. The molecule has 0 aromatic rings. The van der Waals surface area contributed by atoms with Crippen LogP contribution in [0.25, 0.3) is 0 Å². The zero-order valence-corrected chi connectivity index (χ0v) is 68.5. The lowest BCUT2D eigenvalue weighted by Gasteiger charge is -2.28. The fourth-order valence-electron chi connectivity index (χ4n) is 5.95. The molecule has 560 valence electrons. The van der Waals surface area contributed by atoms with Crippen molar-refractivity contribution in [3.8, 4) is 0 Å². The summed E-state index contributed by atoms with van der Waals surface area (Å²) in [7, 11) is -14.7. The minimum Gasteiger partial charge on any atom is -0.451 e. The van der Waals surface area contributed by atoms with Gasteiger partial charge in [0.25, 0.3) is 27.2 Å². The molecule has 23 heteroatoms. The first-order valence-corrected chi connectivity index (χ1v) is 40.2. The van der Waals surface area contributed by atoms with Gasteiger partial charge in [0.1, 0.15) is 0 Å². The van der Waals surface area contributed by atoms with Crippen molar-refractivity contribution >= 4 is 58.9 Å². The highest BCUT2D eigenvalue weighted by atomic mass is 32.2. The third kappa shape index (κ3) is 181. The van der Waals surface area contributed by atoms with Crippen LogP contribution in [0.15, 0.2) is 0 Å². The van der Waals surface area contributed by atoms with E-state index >= 15 is 0 Å². The fourth-order valence-corrected chi connectivity index (χ4v) is 5.95. The van der Waals surface area contributed by atoms with Crippen LogP contribution in [0.4, 0.5) is 0 Å². The number of rotatable bonds is 10. The summed E-state index contributed by atoms with van der Waals surface area (Å²) in [4.78, 5) is 23.3. The highest BCUT2D eigenvalue weighted by Crippen LogP contribution is 2.35. The summed E-state index contributed by atoms with van der Waals surface area (Å²) in [6.45, 7) is 65.7. The van der Waals surface area contributed by atoms with Crippen LogP contribution in [0.3, 0.4) is 0 Å². The standard InChI is InChI=1S/5C7H14.C4H11BO2.3C4H10.C3H9BO.3C3H8.2C2H6O3S.CO2.HO3P.O3S/c5*1-6(2)7-4-3-5-7;1-4(2)3-5(6)7;3*1-4(2)3;1-3-4(2)5;3*1-3-2;2*1-2-6(3,4)5;2-1-3;2*1-4(2)3/h5*6-7H,3-5H2,1-2H3;4,6-7H,3H2,1-2H3;3*4H,1-3H3;5H,3H2,1-2H3;3*3H2,1-2H3;2*2H2,1H3,(H,3,4,5);;(H,1,2,3);. The van der Waals surface area contributed by atoms with Crippen LogP contribution in [-0.2, 0) is 49.6 Å². The lowest BCUT2D eigenvalue weighted by molar-refractivity contribution is -0.191. The molecule has 0 aromatic carbocycles. The molecule has 5 aliphatic rings. The van der Waals surface area contributed by atoms with Gasteiger partial charge in [-0.2, -0.15) is 26.4 Å². The average Bonchev–Trinajstić information content (AvgIpc) is 3.23. The molecule has 0 aliphatic heterocycles. The second-order valence-corrected chi connectivity index (χ2v) is 32.0. The van der Waals surface area contributed by atoms with Crippen LogP contribution < -0.4 is 0 Å². The number of hydrogen-bond donors (Lipinski definition) is 6. The first-order valence-electron chi connectivity index (χ1n) is 34.9. The summed E-state index contributed by atoms with van der Waals surface area (Å²) in [6, 6.07) is 0. The van der Waals surface area contributed by atoms with Crippen molar-refractivity contribution in [2.24, 2.45) is 82.9 Å². The zero-order valence-electron chi connectivity index (χ0n) is 65.1. The van der Waals surface area contributed by atoms with Crippen molar-refractivity contribution in [3.63, 3.8) is 0 Å². The van der Waals surface area contributed by atoms with Crippen molar-refractivity contribution < 1.29 is 77.3 Å². The van der Waals surface area contributed by atoms with Crippen LogP contribution >= 0.6 is 7.91 Å². The molecule has 17 nitrogen and oxygen atoms in total. The van der Waals surface area contributed by atoms with Crippen LogP contribution in [-0.4, -0.2) is 90.2 Å². The van der Waals surface area contributed by atoms with Gasteiger partial charge < -0.3 is 15.1 Å². The largest absolute Gasteiger partial charge is 0.465 e. The SMILES string of the molecule is CC(C)C.CC(C)C.CC(C)C.CC(C)C1CCC1.CC(C)C1CCC1.CC(C)C1CCC1.CC(C)C1CCC1.CC(C)C1CCC1.CC(C)CB(O)O.CCB(C)O.CCC.CCC.CCC.CCS(=O)(=O)O.CCS(=O)(=O)O.O=C=O.O=P(=O)O.O=S(=O)=O. The number of hydrogen-bond acceptors (Lipinski definition) is 14. The minimum absolute atomic E-state index is 0.116. The van der Waals surface area contributed by atoms with E-state index in [0.29, 0.717) is 12.2 Å². The number of carbonyl (C=O) groups excluding carboxylic acids is 2. The third-order valence-electron chi connectivity index (χ3n) is 12.5. The van der Waals surface area contributed by atoms with Gasteiger partial charge >= 0.3 is 31.8 Å². The first kappa shape index (κ1) is 120. The van der Waals surface area contributed by atoms with Gasteiger partial charge in [-0.05, 0) is 103 Å². The quantitative estimate of drug-likeness (QED) is 0.0672. The molecule has 0 heterocycles. The van der Waals surface area contributed by atoms with Gasteiger partial charge in [-0.25, -0.2) is 9.13 Å². The maximum Gasteiger partial charge on any atom is 0.465 e. The molecule has 5 rings (SSSR count). The summed E-state index contributed by atoms with van der Waals surface area (Å²) >= 11 is 0. The van der Waals surface area contributed by atoms with Crippen LogP contribution in [0.5, 0.6) is 0 Å². The van der Waals surface area contributed by atoms with E-state index in [1.807, 2.05) is 20.8 Å². The van der Waals surface area contributed by atoms with Gasteiger partial charge in [0.05, 0.1) is 11.5 Å². The Bertz CT molecular complexity index is 1610. The lowest BCUT2D eigenvalue weighted by Crippen LogP contribution is -2.16. The van der Waals surface area contributed by atoms with Crippen molar-refractivity contribution in [1.82, 2.24) is 0 Å². The molecule has 5 aliphatic carbocycles. The van der Waals surface area contributed by atoms with E-state index < -0.39 is 45.9 Å². The molecule has 0 spiro atoms. The predicted octanol–water partition coefficient (Wildman–Crippen LogP) is 20.5. The molecule has 0 amide bonds. The van der Waals surface area contributed by atoms with E-state index in [4.69, 9.17) is 60.4 Å². The van der Waals surface area contributed by atoms with Gasteiger partial charge in [-0.3, -0.25) is 14.0 Å². The summed E-state index contributed by atoms with van der Waals surface area (Å²) in [5.41, 5.74) is 0. The van der Waals surface area contributed by atoms with E-state index in [9.17, 15) is 16.8 Å². The minimum atomic E-state index is -3.66. The van der Waals surface area contributed by atoms with E-state index in [1.165, 1.54) is 129 Å². The molecule has 0 radical (unpaired) electrons. The Balaban J connectivity index is -0.0000000649. The average molecular weight is 1400 g/mol. The molecule has 91 heavy (non-hydrogen) atoms. The van der Waals surface area contributed by atoms with E-state index in [0.717, 1.165) is 83.3 Å². The summed E-state index contributed by atoms with van der Waals surface area (Å²) in [6.07, 6.45) is 27.8. The van der Waals surface area contributed by atoms with Crippen LogP contribution in [0, 0.1) is 82.9 Å². The molecular formula is C68H157B2O17PS3. The third-order valence-corrected chi connectivity index (χ3v) is 13.9. The molecule has 0 atom stereocenters. The van der Waals surface area contributed by atoms with Crippen molar-refractivity contribution in [2.75, 3.05) is 11.5 Å². The topological polar surface area (TPSA) is 309 Å². The highest BCUT2D eigenvalue weighted by Gasteiger charge is 2.22. The van der Waals surface area contributed by atoms with E-state index in [1.54, 1.807) is 6.82 Å². The molecular weight excluding hydrogens is 1240 g/mol. The van der Waals surface area contributed by atoms with Gasteiger partial charge in [0.15, 0.2) is 0 Å². The fraction of sp³-hybridized carbons (Fsp3) is 0.985. The Kier molecular flexibility index (Phi) is 117. The molecule has 0 saturated heterocycles. The van der Waals surface area contributed by atoms with E-state index in [2.05, 4.69) is 173 Å². The Morgan fingerprint density at radius 3 is 0.516 bits per heavy atom. The monoisotopic (exact) mass is 1400 g/mol. The molecule has 0 aromatic heterocycles. The maximum atomic E-state index is 9.56. The van der Waals surface area contributed by atoms with Crippen molar-refractivity contribution in [3.05, 3.63) is 0 Å². The molecule has 0 unspecified atom stereocenters. The van der Waals surface area contributed by atoms with Gasteiger partial charge in [0, 0.05) is 0 Å². The van der Waals surface area contributed by atoms with Gasteiger partial charge in [-0.15, -0.1) is 12.6 Å². The Morgan fingerprint density at radius 2 is 0.516 bits per heavy atom. The Labute approximate surface area is 570 Å². The summed E-state index contributed by atoms with van der Waals surface area (Å²) in [5, 5.41) is 24.9. The molecule has 5 fully saturated rings. The smallest absolute Gasteiger partial charge is 0.451 e. The predicted molar refractivity (Wildman–Crippen MR) is 394 cm³/mol. The zero-order chi connectivity index (χ0) is 75.7. The molecule has 0 bridgehead atoms. The van der Waals surface area contributed by atoms with Gasteiger partial charge in [0.2, 0.25) is 0 Å². The summed E-state index contributed by atoms with van der Waals surface area (Å²) in [5.74, 6) is 12.7. The van der Waals surface area contributed by atoms with Gasteiger partial charge in [-0.1, -0.05) is 323 Å². The second-order valence-electron chi connectivity index (χ2n) is 27.6. The van der Waals surface area contributed by atoms with E-state index in [-0.39, 0.29) is 24.6 Å². The lowest BCUT2D eigenvalue weighted by atomic mass is 9.69. The summed E-state index contributed by atoms with van der Waals surface area (Å²) < 4.78 is 96.3. The Morgan fingerprint density at radius 1 is 0.418 bits per heavy atom. The maximum absolute atomic E-state index is 9.56.